The van der Waals surface area contributed by atoms with Crippen LogP contribution in [0.15, 0.2) is 68.9 Å². The molecule has 0 unspecified atom stereocenters. The molecular formula is C21H20N2O4S. The fourth-order valence-corrected chi connectivity index (χ4v) is 3.48. The monoisotopic (exact) mass is 396 g/mol. The summed E-state index contributed by atoms with van der Waals surface area (Å²) in [5.74, 6) is -0.688. The molecule has 0 saturated carbocycles. The van der Waals surface area contributed by atoms with Crippen LogP contribution in [0.25, 0.3) is 0 Å². The summed E-state index contributed by atoms with van der Waals surface area (Å²) < 4.78 is 10.3. The number of carbonyl (C=O) groups excluding carboxylic acids is 2. The van der Waals surface area contributed by atoms with E-state index in [0.29, 0.717) is 17.1 Å². The molecular weight excluding hydrogens is 376 g/mol. The van der Waals surface area contributed by atoms with Gasteiger partial charge in [0, 0.05) is 9.79 Å². The van der Waals surface area contributed by atoms with Crippen molar-refractivity contribution in [1.29, 1.82) is 0 Å². The first kappa shape index (κ1) is 19.7. The predicted octanol–water partition coefficient (Wildman–Crippen LogP) is 4.63. The van der Waals surface area contributed by atoms with E-state index in [-0.39, 0.29) is 5.56 Å². The van der Waals surface area contributed by atoms with Crippen LogP contribution in [0.4, 0.5) is 5.69 Å². The first-order chi connectivity index (χ1) is 13.5. The van der Waals surface area contributed by atoms with Crippen molar-refractivity contribution in [2.45, 2.75) is 36.7 Å². The molecule has 0 bridgehead atoms. The molecule has 0 saturated heterocycles. The summed E-state index contributed by atoms with van der Waals surface area (Å²) in [7, 11) is 0. The Kier molecular flexibility index (Phi) is 6.16. The van der Waals surface area contributed by atoms with Crippen molar-refractivity contribution in [3.63, 3.8) is 0 Å². The summed E-state index contributed by atoms with van der Waals surface area (Å²) in [6, 6.07) is 17.3. The van der Waals surface area contributed by atoms with E-state index in [2.05, 4.69) is 10.5 Å². The molecule has 1 atom stereocenters. The van der Waals surface area contributed by atoms with Gasteiger partial charge < -0.3 is 14.6 Å². The first-order valence-corrected chi connectivity index (χ1v) is 9.54. The number of carbonyl (C=O) groups is 2. The van der Waals surface area contributed by atoms with E-state index >= 15 is 0 Å². The largest absolute Gasteiger partial charge is 0.449 e. The molecule has 1 amide bonds. The Morgan fingerprint density at radius 2 is 1.75 bits per heavy atom. The fraction of sp³-hybridized carbons (Fsp3) is 0.190. The van der Waals surface area contributed by atoms with Gasteiger partial charge in [-0.15, -0.1) is 0 Å². The molecule has 0 aliphatic heterocycles. The summed E-state index contributed by atoms with van der Waals surface area (Å²) in [5.41, 5.74) is 1.33. The van der Waals surface area contributed by atoms with Crippen molar-refractivity contribution in [2.24, 2.45) is 0 Å². The number of benzene rings is 2. The Morgan fingerprint density at radius 1 is 1.07 bits per heavy atom. The Bertz CT molecular complexity index is 966. The standard InChI is InChI=1S/C21H20N2O4S/c1-13-19(14(2)27-23-13)21(25)26-15(3)20(24)22-17-11-7-8-12-18(17)28-16-9-5-4-6-10-16/h4-12,15H,1-3H3,(H,22,24)/t15-/m1/s1. The normalized spacial score (nSPS) is 11.7. The molecule has 144 valence electrons. The summed E-state index contributed by atoms with van der Waals surface area (Å²) in [6.45, 7) is 4.80. The Labute approximate surface area is 167 Å². The van der Waals surface area contributed by atoms with Gasteiger partial charge in [0.1, 0.15) is 11.3 Å². The zero-order valence-corrected chi connectivity index (χ0v) is 16.6. The number of para-hydroxylation sites is 1. The number of rotatable bonds is 6. The highest BCUT2D eigenvalue weighted by Gasteiger charge is 2.24. The minimum Gasteiger partial charge on any atom is -0.449 e. The Morgan fingerprint density at radius 3 is 2.43 bits per heavy atom. The molecule has 1 heterocycles. The van der Waals surface area contributed by atoms with Gasteiger partial charge in [-0.1, -0.05) is 47.3 Å². The zero-order valence-electron chi connectivity index (χ0n) is 15.8. The van der Waals surface area contributed by atoms with Crippen molar-refractivity contribution in [3.05, 3.63) is 71.6 Å². The molecule has 6 nitrogen and oxygen atoms in total. The molecule has 3 rings (SSSR count). The number of hydrogen-bond donors (Lipinski definition) is 1. The van der Waals surface area contributed by atoms with Crippen molar-refractivity contribution in [1.82, 2.24) is 5.16 Å². The van der Waals surface area contributed by atoms with Crippen molar-refractivity contribution >= 4 is 29.3 Å². The number of nitrogens with zero attached hydrogens (tertiary/aromatic N) is 1. The number of ether oxygens (including phenoxy) is 1. The van der Waals surface area contributed by atoms with Gasteiger partial charge in [0.25, 0.3) is 5.91 Å². The van der Waals surface area contributed by atoms with E-state index in [4.69, 9.17) is 9.26 Å². The molecule has 7 heteroatoms. The SMILES string of the molecule is Cc1noc(C)c1C(=O)O[C@H](C)C(=O)Nc1ccccc1Sc1ccccc1. The highest BCUT2D eigenvalue weighted by Crippen LogP contribution is 2.33. The average Bonchev–Trinajstić information content (AvgIpc) is 3.02. The second-order valence-electron chi connectivity index (χ2n) is 6.15. The van der Waals surface area contributed by atoms with Crippen LogP contribution in [-0.4, -0.2) is 23.1 Å². The lowest BCUT2D eigenvalue weighted by molar-refractivity contribution is -0.123. The number of anilines is 1. The van der Waals surface area contributed by atoms with E-state index in [1.165, 1.54) is 6.92 Å². The van der Waals surface area contributed by atoms with Crippen LogP contribution in [0.2, 0.25) is 0 Å². The molecule has 1 aromatic heterocycles. The van der Waals surface area contributed by atoms with Gasteiger partial charge in [0.15, 0.2) is 6.10 Å². The Hall–Kier alpha value is -3.06. The lowest BCUT2D eigenvalue weighted by Gasteiger charge is -2.15. The third kappa shape index (κ3) is 4.61. The maximum Gasteiger partial charge on any atom is 0.344 e. The molecule has 0 aliphatic rings. The minimum absolute atomic E-state index is 0.250. The second kappa shape index (κ2) is 8.75. The van der Waals surface area contributed by atoms with Crippen LogP contribution in [0, 0.1) is 13.8 Å². The van der Waals surface area contributed by atoms with Gasteiger partial charge in [-0.3, -0.25) is 4.79 Å². The molecule has 0 fully saturated rings. The topological polar surface area (TPSA) is 81.4 Å². The van der Waals surface area contributed by atoms with Crippen molar-refractivity contribution < 1.29 is 18.8 Å². The van der Waals surface area contributed by atoms with Crippen LogP contribution in [0.3, 0.4) is 0 Å². The van der Waals surface area contributed by atoms with Crippen molar-refractivity contribution in [2.75, 3.05) is 5.32 Å². The van der Waals surface area contributed by atoms with E-state index in [9.17, 15) is 9.59 Å². The van der Waals surface area contributed by atoms with Gasteiger partial charge in [-0.25, -0.2) is 4.79 Å². The van der Waals surface area contributed by atoms with Gasteiger partial charge in [0.2, 0.25) is 0 Å². The van der Waals surface area contributed by atoms with E-state index in [1.54, 1.807) is 25.6 Å². The van der Waals surface area contributed by atoms with Crippen LogP contribution in [0.1, 0.15) is 28.7 Å². The summed E-state index contributed by atoms with van der Waals surface area (Å²) in [4.78, 5) is 26.8. The van der Waals surface area contributed by atoms with Crippen molar-refractivity contribution in [3.8, 4) is 0 Å². The summed E-state index contributed by atoms with van der Waals surface area (Å²) in [6.07, 6.45) is -0.976. The van der Waals surface area contributed by atoms with E-state index < -0.39 is 18.0 Å². The summed E-state index contributed by atoms with van der Waals surface area (Å²) >= 11 is 1.54. The number of aryl methyl sites for hydroxylation is 2. The van der Waals surface area contributed by atoms with Gasteiger partial charge >= 0.3 is 5.97 Å². The third-order valence-electron chi connectivity index (χ3n) is 4.01. The lowest BCUT2D eigenvalue weighted by atomic mass is 10.2. The van der Waals surface area contributed by atoms with Gasteiger partial charge in [0.05, 0.1) is 11.4 Å². The highest BCUT2D eigenvalue weighted by molar-refractivity contribution is 7.99. The molecule has 0 radical (unpaired) electrons. The Balaban J connectivity index is 1.68. The van der Waals surface area contributed by atoms with Crippen LogP contribution < -0.4 is 5.32 Å². The molecule has 3 aromatic rings. The zero-order chi connectivity index (χ0) is 20.1. The molecule has 1 N–H and O–H groups in total. The molecule has 28 heavy (non-hydrogen) atoms. The lowest BCUT2D eigenvalue weighted by Crippen LogP contribution is -2.30. The molecule has 0 aliphatic carbocycles. The number of hydrogen-bond acceptors (Lipinski definition) is 6. The average molecular weight is 396 g/mol. The smallest absolute Gasteiger partial charge is 0.344 e. The van der Waals surface area contributed by atoms with Crippen LogP contribution >= 0.6 is 11.8 Å². The second-order valence-corrected chi connectivity index (χ2v) is 7.26. The quantitative estimate of drug-likeness (QED) is 0.612. The number of nitrogens with one attached hydrogen (secondary N) is 1. The predicted molar refractivity (Wildman–Crippen MR) is 106 cm³/mol. The fourth-order valence-electron chi connectivity index (χ4n) is 2.56. The van der Waals surface area contributed by atoms with Gasteiger partial charge in [-0.05, 0) is 45.0 Å². The van der Waals surface area contributed by atoms with Gasteiger partial charge in [-0.2, -0.15) is 0 Å². The summed E-state index contributed by atoms with van der Waals surface area (Å²) in [5, 5.41) is 6.56. The molecule has 2 aromatic carbocycles. The van der Waals surface area contributed by atoms with Crippen LogP contribution in [-0.2, 0) is 9.53 Å². The van der Waals surface area contributed by atoms with E-state index in [0.717, 1.165) is 9.79 Å². The minimum atomic E-state index is -0.976. The number of aromatic nitrogens is 1. The third-order valence-corrected chi connectivity index (χ3v) is 5.09. The molecule has 0 spiro atoms. The first-order valence-electron chi connectivity index (χ1n) is 8.72. The highest BCUT2D eigenvalue weighted by atomic mass is 32.2. The number of amides is 1. The number of esters is 1. The maximum atomic E-state index is 12.6. The van der Waals surface area contributed by atoms with Crippen LogP contribution in [0.5, 0.6) is 0 Å². The van der Waals surface area contributed by atoms with E-state index in [1.807, 2.05) is 54.6 Å². The maximum absolute atomic E-state index is 12.6.